The molecule has 3 aromatic carbocycles. The lowest BCUT2D eigenvalue weighted by Gasteiger charge is -2.38. The number of hydrogen-bond donors (Lipinski definition) is 3. The summed E-state index contributed by atoms with van der Waals surface area (Å²) >= 11 is 0. The number of aromatic hydroxyl groups is 2. The van der Waals surface area contributed by atoms with Gasteiger partial charge in [-0.25, -0.2) is 0 Å². The molecule has 0 bridgehead atoms. The van der Waals surface area contributed by atoms with Crippen LogP contribution in [0.5, 0.6) is 11.5 Å². The van der Waals surface area contributed by atoms with Crippen molar-refractivity contribution in [3.05, 3.63) is 89.5 Å². The van der Waals surface area contributed by atoms with Crippen molar-refractivity contribution in [2.45, 2.75) is 12.6 Å². The fraction of sp³-hybridized carbons (Fsp3) is 0.136. The smallest absolute Gasteiger partial charge is 0.257 e. The molecule has 3 N–H and O–H groups in total. The molecule has 0 aliphatic carbocycles. The first-order chi connectivity index (χ1) is 13.1. The summed E-state index contributed by atoms with van der Waals surface area (Å²) in [7, 11) is 0. The zero-order valence-electron chi connectivity index (χ0n) is 14.7. The molecule has 1 heterocycles. The number of amides is 1. The van der Waals surface area contributed by atoms with Crippen molar-refractivity contribution in [1.29, 1.82) is 0 Å². The van der Waals surface area contributed by atoms with Gasteiger partial charge in [-0.1, -0.05) is 54.6 Å². The lowest BCUT2D eigenvalue weighted by atomic mass is 10.0. The Hall–Kier alpha value is -3.47. The van der Waals surface area contributed by atoms with E-state index in [9.17, 15) is 15.0 Å². The Bertz CT molecular complexity index is 972. The van der Waals surface area contributed by atoms with Crippen LogP contribution >= 0.6 is 0 Å². The van der Waals surface area contributed by atoms with Gasteiger partial charge in [0.25, 0.3) is 5.91 Å². The molecule has 0 saturated heterocycles. The average molecular weight is 360 g/mol. The molecule has 1 aliphatic heterocycles. The summed E-state index contributed by atoms with van der Waals surface area (Å²) < 4.78 is 0. The molecule has 0 unspecified atom stereocenters. The number of para-hydroxylation sites is 2. The maximum Gasteiger partial charge on any atom is 0.257 e. The Morgan fingerprint density at radius 2 is 1.63 bits per heavy atom. The summed E-state index contributed by atoms with van der Waals surface area (Å²) in [5.74, 6) is -0.525. The van der Waals surface area contributed by atoms with E-state index in [1.807, 2.05) is 48.5 Å². The van der Waals surface area contributed by atoms with Gasteiger partial charge < -0.3 is 20.4 Å². The lowest BCUT2D eigenvalue weighted by molar-refractivity contribution is 0.0683. The van der Waals surface area contributed by atoms with E-state index in [2.05, 4.69) is 5.32 Å². The number of carbonyl (C=O) groups is 1. The third-order valence-electron chi connectivity index (χ3n) is 4.85. The molecular formula is C22H20N2O3. The van der Waals surface area contributed by atoms with E-state index < -0.39 is 6.17 Å². The Morgan fingerprint density at radius 1 is 0.889 bits per heavy atom. The van der Waals surface area contributed by atoms with Crippen LogP contribution in [0.15, 0.2) is 72.8 Å². The highest BCUT2D eigenvalue weighted by molar-refractivity contribution is 6.01. The summed E-state index contributed by atoms with van der Waals surface area (Å²) in [5.41, 5.74) is 2.90. The second-order valence-electron chi connectivity index (χ2n) is 6.54. The van der Waals surface area contributed by atoms with E-state index in [-0.39, 0.29) is 17.4 Å². The molecule has 4 rings (SSSR count). The topological polar surface area (TPSA) is 72.8 Å². The minimum absolute atomic E-state index is 0.104. The van der Waals surface area contributed by atoms with Crippen LogP contribution in [0.4, 0.5) is 5.69 Å². The summed E-state index contributed by atoms with van der Waals surface area (Å²) in [6.45, 7) is 0.476. The first kappa shape index (κ1) is 17.0. The molecule has 5 heteroatoms. The minimum Gasteiger partial charge on any atom is -0.504 e. The van der Waals surface area contributed by atoms with E-state index in [0.29, 0.717) is 29.8 Å². The second kappa shape index (κ2) is 7.03. The molecule has 0 radical (unpaired) electrons. The Balaban J connectivity index is 1.71. The molecule has 0 saturated carbocycles. The number of phenols is 2. The van der Waals surface area contributed by atoms with Gasteiger partial charge >= 0.3 is 0 Å². The van der Waals surface area contributed by atoms with E-state index >= 15 is 0 Å². The number of nitrogens with one attached hydrogen (secondary N) is 1. The Labute approximate surface area is 157 Å². The highest BCUT2D eigenvalue weighted by Crippen LogP contribution is 2.39. The molecule has 1 aliphatic rings. The molecule has 0 fully saturated rings. The van der Waals surface area contributed by atoms with Crippen LogP contribution in [0.3, 0.4) is 0 Å². The molecule has 1 atom stereocenters. The number of rotatable bonds is 4. The van der Waals surface area contributed by atoms with Crippen molar-refractivity contribution in [2.75, 3.05) is 11.9 Å². The Kier molecular flexibility index (Phi) is 4.42. The monoisotopic (exact) mass is 360 g/mol. The molecule has 3 aromatic rings. The first-order valence-electron chi connectivity index (χ1n) is 8.86. The predicted molar refractivity (Wildman–Crippen MR) is 104 cm³/mol. The molecule has 0 aromatic heterocycles. The van der Waals surface area contributed by atoms with Gasteiger partial charge in [0, 0.05) is 17.8 Å². The zero-order valence-corrected chi connectivity index (χ0v) is 14.7. The molecule has 0 spiro atoms. The van der Waals surface area contributed by atoms with Gasteiger partial charge in [0.05, 0.1) is 5.56 Å². The van der Waals surface area contributed by atoms with Gasteiger partial charge in [0.15, 0.2) is 11.5 Å². The summed E-state index contributed by atoms with van der Waals surface area (Å²) in [5, 5.41) is 23.6. The van der Waals surface area contributed by atoms with Crippen molar-refractivity contribution >= 4 is 11.6 Å². The number of nitrogens with zero attached hydrogens (tertiary/aromatic N) is 1. The Morgan fingerprint density at radius 3 is 2.44 bits per heavy atom. The standard InChI is InChI=1S/C22H20N2O3/c25-19-12-6-10-17(20(19)26)21-23-18-11-5-4-9-16(18)22(27)24(21)14-13-15-7-2-1-3-8-15/h1-12,21,23,25-26H,13-14H2/t21-/m0/s1. The van der Waals surface area contributed by atoms with Crippen molar-refractivity contribution in [2.24, 2.45) is 0 Å². The summed E-state index contributed by atoms with van der Waals surface area (Å²) in [4.78, 5) is 14.9. The third-order valence-corrected chi connectivity index (χ3v) is 4.85. The lowest BCUT2D eigenvalue weighted by Crippen LogP contribution is -2.44. The first-order valence-corrected chi connectivity index (χ1v) is 8.86. The zero-order chi connectivity index (χ0) is 18.8. The van der Waals surface area contributed by atoms with Gasteiger partial charge in [-0.3, -0.25) is 4.79 Å². The van der Waals surface area contributed by atoms with E-state index in [0.717, 1.165) is 5.56 Å². The summed E-state index contributed by atoms with van der Waals surface area (Å²) in [6.07, 6.45) is 0.121. The highest BCUT2D eigenvalue weighted by atomic mass is 16.3. The maximum absolute atomic E-state index is 13.2. The van der Waals surface area contributed by atoms with Gasteiger partial charge in [0.1, 0.15) is 6.17 Å². The fourth-order valence-corrected chi connectivity index (χ4v) is 3.43. The number of phenolic OH excluding ortho intramolecular Hbond substituents is 2. The maximum atomic E-state index is 13.2. The summed E-state index contributed by atoms with van der Waals surface area (Å²) in [6, 6.07) is 22.1. The van der Waals surface area contributed by atoms with Gasteiger partial charge in [-0.15, -0.1) is 0 Å². The highest BCUT2D eigenvalue weighted by Gasteiger charge is 2.34. The molecule has 136 valence electrons. The number of benzene rings is 3. The minimum atomic E-state index is -0.566. The number of hydrogen-bond acceptors (Lipinski definition) is 4. The average Bonchev–Trinajstić information content (AvgIpc) is 2.70. The van der Waals surface area contributed by atoms with Crippen molar-refractivity contribution in [3.8, 4) is 11.5 Å². The van der Waals surface area contributed by atoms with Crippen LogP contribution < -0.4 is 5.32 Å². The van der Waals surface area contributed by atoms with Crippen LogP contribution in [0.25, 0.3) is 0 Å². The van der Waals surface area contributed by atoms with Gasteiger partial charge in [0.2, 0.25) is 0 Å². The van der Waals surface area contributed by atoms with Crippen LogP contribution in [0.2, 0.25) is 0 Å². The van der Waals surface area contributed by atoms with Crippen LogP contribution in [-0.2, 0) is 6.42 Å². The van der Waals surface area contributed by atoms with Gasteiger partial charge in [-0.05, 0) is 30.2 Å². The molecular weight excluding hydrogens is 340 g/mol. The fourth-order valence-electron chi connectivity index (χ4n) is 3.43. The third kappa shape index (κ3) is 3.19. The molecule has 27 heavy (non-hydrogen) atoms. The predicted octanol–water partition coefficient (Wildman–Crippen LogP) is 3.91. The normalized spacial score (nSPS) is 15.9. The number of anilines is 1. The molecule has 1 amide bonds. The molecule has 5 nitrogen and oxygen atoms in total. The van der Waals surface area contributed by atoms with Crippen molar-refractivity contribution in [1.82, 2.24) is 4.90 Å². The van der Waals surface area contributed by atoms with Crippen LogP contribution in [-0.4, -0.2) is 27.6 Å². The SMILES string of the molecule is O=C1c2ccccc2N[C@H](c2cccc(O)c2O)N1CCc1ccccc1. The van der Waals surface area contributed by atoms with Crippen molar-refractivity contribution in [3.63, 3.8) is 0 Å². The largest absolute Gasteiger partial charge is 0.504 e. The van der Waals surface area contributed by atoms with Crippen molar-refractivity contribution < 1.29 is 15.0 Å². The number of fused-ring (bicyclic) bond motifs is 1. The number of carbonyl (C=O) groups excluding carboxylic acids is 1. The van der Waals surface area contributed by atoms with E-state index in [1.165, 1.54) is 6.07 Å². The van der Waals surface area contributed by atoms with Crippen LogP contribution in [0.1, 0.15) is 27.7 Å². The van der Waals surface area contributed by atoms with E-state index in [4.69, 9.17) is 0 Å². The quantitative estimate of drug-likeness (QED) is 0.617. The van der Waals surface area contributed by atoms with Crippen LogP contribution in [0, 0.1) is 0 Å². The van der Waals surface area contributed by atoms with Gasteiger partial charge in [-0.2, -0.15) is 0 Å². The second-order valence-corrected chi connectivity index (χ2v) is 6.54. The van der Waals surface area contributed by atoms with E-state index in [1.54, 1.807) is 23.1 Å².